The summed E-state index contributed by atoms with van der Waals surface area (Å²) >= 11 is 0. The minimum atomic E-state index is -0.293. The van der Waals surface area contributed by atoms with E-state index in [1.807, 2.05) is 38.0 Å². The standard InChI is InChI=1S/C13H20FN3O/c1-16(2)13(17(3)4)15-8-9-18-12-7-5-6-11(14)10-12/h5-7,10H,8-9H2,1-4H3. The lowest BCUT2D eigenvalue weighted by molar-refractivity contribution is 0.325. The minimum Gasteiger partial charge on any atom is -0.492 e. The summed E-state index contributed by atoms with van der Waals surface area (Å²) in [5, 5.41) is 0. The quantitative estimate of drug-likeness (QED) is 0.464. The lowest BCUT2D eigenvalue weighted by Gasteiger charge is -2.22. The molecule has 1 aromatic rings. The molecule has 0 atom stereocenters. The summed E-state index contributed by atoms with van der Waals surface area (Å²) < 4.78 is 18.3. The van der Waals surface area contributed by atoms with Gasteiger partial charge in [-0.3, -0.25) is 0 Å². The third-order valence-corrected chi connectivity index (χ3v) is 2.21. The van der Waals surface area contributed by atoms with E-state index in [4.69, 9.17) is 4.74 Å². The van der Waals surface area contributed by atoms with Crippen molar-refractivity contribution in [3.63, 3.8) is 0 Å². The van der Waals surface area contributed by atoms with Crippen LogP contribution in [0.4, 0.5) is 4.39 Å². The number of benzene rings is 1. The van der Waals surface area contributed by atoms with Crippen molar-refractivity contribution in [1.82, 2.24) is 9.80 Å². The van der Waals surface area contributed by atoms with Crippen LogP contribution in [0.25, 0.3) is 0 Å². The van der Waals surface area contributed by atoms with Gasteiger partial charge in [0.05, 0.1) is 6.54 Å². The van der Waals surface area contributed by atoms with Crippen molar-refractivity contribution >= 4 is 5.96 Å². The molecule has 0 unspecified atom stereocenters. The highest BCUT2D eigenvalue weighted by Gasteiger charge is 2.03. The second-order valence-corrected chi connectivity index (χ2v) is 4.28. The van der Waals surface area contributed by atoms with Gasteiger partial charge in [-0.2, -0.15) is 0 Å². The maximum atomic E-state index is 12.9. The average Bonchev–Trinajstić information content (AvgIpc) is 2.27. The van der Waals surface area contributed by atoms with Gasteiger partial charge in [0, 0.05) is 34.3 Å². The number of hydrogen-bond donors (Lipinski definition) is 0. The first-order valence-electron chi connectivity index (χ1n) is 5.78. The van der Waals surface area contributed by atoms with Crippen LogP contribution in [0.2, 0.25) is 0 Å². The number of ether oxygens (including phenoxy) is 1. The van der Waals surface area contributed by atoms with Gasteiger partial charge in [0.25, 0.3) is 0 Å². The number of guanidine groups is 1. The molecule has 0 radical (unpaired) electrons. The van der Waals surface area contributed by atoms with Crippen molar-refractivity contribution in [2.24, 2.45) is 4.99 Å². The van der Waals surface area contributed by atoms with Crippen LogP contribution in [0.15, 0.2) is 29.3 Å². The average molecular weight is 253 g/mol. The highest BCUT2D eigenvalue weighted by molar-refractivity contribution is 5.79. The van der Waals surface area contributed by atoms with E-state index < -0.39 is 0 Å². The van der Waals surface area contributed by atoms with Crippen LogP contribution >= 0.6 is 0 Å². The summed E-state index contributed by atoms with van der Waals surface area (Å²) in [4.78, 5) is 8.28. The van der Waals surface area contributed by atoms with Crippen molar-refractivity contribution in [1.29, 1.82) is 0 Å². The summed E-state index contributed by atoms with van der Waals surface area (Å²) in [7, 11) is 7.75. The molecule has 0 aromatic heterocycles. The Bertz CT molecular complexity index is 395. The molecule has 0 bridgehead atoms. The number of hydrogen-bond acceptors (Lipinski definition) is 2. The first kappa shape index (κ1) is 14.3. The van der Waals surface area contributed by atoms with Gasteiger partial charge < -0.3 is 14.5 Å². The molecule has 5 heteroatoms. The molecule has 0 amide bonds. The zero-order chi connectivity index (χ0) is 13.5. The molecule has 100 valence electrons. The molecule has 0 saturated carbocycles. The smallest absolute Gasteiger partial charge is 0.195 e. The topological polar surface area (TPSA) is 28.1 Å². The summed E-state index contributed by atoms with van der Waals surface area (Å²) in [6, 6.07) is 6.11. The Labute approximate surface area is 108 Å². The zero-order valence-electron chi connectivity index (χ0n) is 11.4. The second kappa shape index (κ2) is 6.83. The number of aliphatic imine (C=N–C) groups is 1. The fourth-order valence-electron chi connectivity index (χ4n) is 1.55. The largest absolute Gasteiger partial charge is 0.492 e. The van der Waals surface area contributed by atoms with E-state index in [1.165, 1.54) is 12.1 Å². The van der Waals surface area contributed by atoms with Crippen LogP contribution in [0.3, 0.4) is 0 Å². The van der Waals surface area contributed by atoms with Crippen molar-refractivity contribution in [3.05, 3.63) is 30.1 Å². The number of halogens is 1. The highest BCUT2D eigenvalue weighted by Crippen LogP contribution is 2.11. The predicted octanol–water partition coefficient (Wildman–Crippen LogP) is 1.68. The van der Waals surface area contributed by atoms with Crippen molar-refractivity contribution in [2.45, 2.75) is 0 Å². The van der Waals surface area contributed by atoms with Gasteiger partial charge in [0.15, 0.2) is 5.96 Å². The second-order valence-electron chi connectivity index (χ2n) is 4.28. The lowest BCUT2D eigenvalue weighted by Crippen LogP contribution is -2.35. The van der Waals surface area contributed by atoms with Crippen molar-refractivity contribution < 1.29 is 9.13 Å². The molecule has 0 spiro atoms. The van der Waals surface area contributed by atoms with Crippen LogP contribution in [0.5, 0.6) is 5.75 Å². The number of nitrogens with zero attached hydrogens (tertiary/aromatic N) is 3. The molecule has 0 aliphatic rings. The van der Waals surface area contributed by atoms with Gasteiger partial charge in [-0.15, -0.1) is 0 Å². The van der Waals surface area contributed by atoms with E-state index in [0.717, 1.165) is 5.96 Å². The Kier molecular flexibility index (Phi) is 5.42. The molecular weight excluding hydrogens is 233 g/mol. The SMILES string of the molecule is CN(C)C(=NCCOc1cccc(F)c1)N(C)C. The van der Waals surface area contributed by atoms with Crippen LogP contribution in [0, 0.1) is 5.82 Å². The lowest BCUT2D eigenvalue weighted by atomic mass is 10.3. The van der Waals surface area contributed by atoms with E-state index in [2.05, 4.69) is 4.99 Å². The van der Waals surface area contributed by atoms with Crippen molar-refractivity contribution in [3.8, 4) is 5.75 Å². The summed E-state index contributed by atoms with van der Waals surface area (Å²) in [6.45, 7) is 0.955. The molecule has 0 fully saturated rings. The highest BCUT2D eigenvalue weighted by atomic mass is 19.1. The normalized spacial score (nSPS) is 9.83. The monoisotopic (exact) mass is 253 g/mol. The van der Waals surface area contributed by atoms with Gasteiger partial charge >= 0.3 is 0 Å². The Morgan fingerprint density at radius 2 is 1.89 bits per heavy atom. The Hall–Kier alpha value is -1.78. The van der Waals surface area contributed by atoms with Crippen molar-refractivity contribution in [2.75, 3.05) is 41.3 Å². The molecule has 0 heterocycles. The third-order valence-electron chi connectivity index (χ3n) is 2.21. The van der Waals surface area contributed by atoms with Crippen LogP contribution in [-0.2, 0) is 0 Å². The maximum absolute atomic E-state index is 12.9. The van der Waals surface area contributed by atoms with Gasteiger partial charge in [0.2, 0.25) is 0 Å². The van der Waals surface area contributed by atoms with Gasteiger partial charge in [-0.25, -0.2) is 9.38 Å². The Balaban J connectivity index is 2.44. The van der Waals surface area contributed by atoms with E-state index in [1.54, 1.807) is 12.1 Å². The fraction of sp³-hybridized carbons (Fsp3) is 0.462. The molecule has 0 N–H and O–H groups in total. The van der Waals surface area contributed by atoms with Crippen LogP contribution in [0.1, 0.15) is 0 Å². The summed E-state index contributed by atoms with van der Waals surface area (Å²) in [5.74, 6) is 1.11. The predicted molar refractivity (Wildman–Crippen MR) is 71.6 cm³/mol. The van der Waals surface area contributed by atoms with E-state index >= 15 is 0 Å². The first-order chi connectivity index (χ1) is 8.50. The number of rotatable bonds is 4. The van der Waals surface area contributed by atoms with Gasteiger partial charge in [-0.1, -0.05) is 6.07 Å². The molecule has 4 nitrogen and oxygen atoms in total. The Morgan fingerprint density at radius 1 is 1.22 bits per heavy atom. The molecular formula is C13H20FN3O. The molecule has 0 aliphatic heterocycles. The Morgan fingerprint density at radius 3 is 2.44 bits per heavy atom. The molecule has 0 saturated heterocycles. The molecule has 18 heavy (non-hydrogen) atoms. The summed E-state index contributed by atoms with van der Waals surface area (Å²) in [6.07, 6.45) is 0. The third kappa shape index (κ3) is 4.61. The van der Waals surface area contributed by atoms with Gasteiger partial charge in [0.1, 0.15) is 18.2 Å². The summed E-state index contributed by atoms with van der Waals surface area (Å²) in [5.41, 5.74) is 0. The van der Waals surface area contributed by atoms with E-state index in [9.17, 15) is 4.39 Å². The van der Waals surface area contributed by atoms with Crippen LogP contribution in [-0.4, -0.2) is 57.1 Å². The van der Waals surface area contributed by atoms with E-state index in [0.29, 0.717) is 18.9 Å². The van der Waals surface area contributed by atoms with Gasteiger partial charge in [-0.05, 0) is 12.1 Å². The molecule has 0 aliphatic carbocycles. The molecule has 1 aromatic carbocycles. The van der Waals surface area contributed by atoms with E-state index in [-0.39, 0.29) is 5.82 Å². The molecule has 1 rings (SSSR count). The first-order valence-corrected chi connectivity index (χ1v) is 5.78. The maximum Gasteiger partial charge on any atom is 0.195 e. The zero-order valence-corrected chi connectivity index (χ0v) is 11.4. The fourth-order valence-corrected chi connectivity index (χ4v) is 1.55. The minimum absolute atomic E-state index is 0.293. The van der Waals surface area contributed by atoms with Crippen LogP contribution < -0.4 is 4.74 Å².